The Bertz CT molecular complexity index is 284. The van der Waals surface area contributed by atoms with Gasteiger partial charge >= 0.3 is 5.97 Å². The number of hydrogen-bond donors (Lipinski definition) is 0. The Balaban J connectivity index is 2.64. The summed E-state index contributed by atoms with van der Waals surface area (Å²) in [5, 5.41) is 0. The third-order valence-electron chi connectivity index (χ3n) is 3.02. The normalized spacial score (nSPS) is 29.2. The molecule has 0 bridgehead atoms. The van der Waals surface area contributed by atoms with Crippen molar-refractivity contribution in [1.82, 2.24) is 0 Å². The van der Waals surface area contributed by atoms with Crippen molar-refractivity contribution in [3.05, 3.63) is 11.6 Å². The fraction of sp³-hybridized carbons (Fsp3) is 0.786. The van der Waals surface area contributed by atoms with Gasteiger partial charge in [0.25, 0.3) is 0 Å². The van der Waals surface area contributed by atoms with Crippen LogP contribution in [-0.2, 0) is 9.53 Å². The van der Waals surface area contributed by atoms with Crippen LogP contribution in [0.2, 0.25) is 0 Å². The molecule has 0 heterocycles. The third-order valence-corrected chi connectivity index (χ3v) is 3.02. The fourth-order valence-electron chi connectivity index (χ4n) is 2.11. The maximum absolute atomic E-state index is 11.7. The van der Waals surface area contributed by atoms with E-state index in [0.717, 1.165) is 6.42 Å². The first-order valence-corrected chi connectivity index (χ1v) is 6.21. The first-order valence-electron chi connectivity index (χ1n) is 6.21. The molecule has 2 nitrogen and oxygen atoms in total. The molecule has 16 heavy (non-hydrogen) atoms. The van der Waals surface area contributed by atoms with E-state index in [0.29, 0.717) is 11.8 Å². The van der Waals surface area contributed by atoms with E-state index in [1.807, 2.05) is 20.8 Å². The van der Waals surface area contributed by atoms with E-state index < -0.39 is 5.60 Å². The van der Waals surface area contributed by atoms with Gasteiger partial charge in [0, 0.05) is 6.08 Å². The van der Waals surface area contributed by atoms with Crippen molar-refractivity contribution in [2.75, 3.05) is 0 Å². The van der Waals surface area contributed by atoms with Crippen LogP contribution >= 0.6 is 0 Å². The van der Waals surface area contributed by atoms with Gasteiger partial charge in [-0.15, -0.1) is 0 Å². The standard InChI is InChI=1S/C14H24O2/c1-10-6-7-11(2)12(8-10)9-13(15)16-14(3,4)5/h9-11H,6-8H2,1-5H3/b12-9+. The lowest BCUT2D eigenvalue weighted by atomic mass is 9.80. The second kappa shape index (κ2) is 5.03. The van der Waals surface area contributed by atoms with Crippen molar-refractivity contribution < 1.29 is 9.53 Å². The van der Waals surface area contributed by atoms with E-state index in [2.05, 4.69) is 13.8 Å². The van der Waals surface area contributed by atoms with E-state index in [1.165, 1.54) is 18.4 Å². The molecular weight excluding hydrogens is 200 g/mol. The maximum Gasteiger partial charge on any atom is 0.331 e. The Morgan fingerprint density at radius 2 is 1.94 bits per heavy atom. The molecule has 0 N–H and O–H groups in total. The van der Waals surface area contributed by atoms with Crippen molar-refractivity contribution in [2.24, 2.45) is 11.8 Å². The van der Waals surface area contributed by atoms with Gasteiger partial charge in [-0.3, -0.25) is 0 Å². The summed E-state index contributed by atoms with van der Waals surface area (Å²) in [5.41, 5.74) is 0.866. The van der Waals surface area contributed by atoms with Crippen LogP contribution in [0.1, 0.15) is 53.9 Å². The minimum Gasteiger partial charge on any atom is -0.457 e. The largest absolute Gasteiger partial charge is 0.457 e. The van der Waals surface area contributed by atoms with Crippen LogP contribution in [0.15, 0.2) is 11.6 Å². The van der Waals surface area contributed by atoms with E-state index in [9.17, 15) is 4.79 Å². The van der Waals surface area contributed by atoms with E-state index in [-0.39, 0.29) is 5.97 Å². The molecule has 2 unspecified atom stereocenters. The molecule has 1 aliphatic carbocycles. The van der Waals surface area contributed by atoms with Crippen molar-refractivity contribution in [3.8, 4) is 0 Å². The Morgan fingerprint density at radius 1 is 1.31 bits per heavy atom. The molecule has 0 aromatic carbocycles. The molecule has 2 heteroatoms. The molecule has 1 fully saturated rings. The van der Waals surface area contributed by atoms with Gasteiger partial charge in [-0.25, -0.2) is 4.79 Å². The molecule has 0 aromatic rings. The maximum atomic E-state index is 11.7. The third kappa shape index (κ3) is 4.38. The van der Waals surface area contributed by atoms with Crippen LogP contribution in [0.5, 0.6) is 0 Å². The number of allylic oxidation sites excluding steroid dienone is 1. The molecule has 92 valence electrons. The highest BCUT2D eigenvalue weighted by Crippen LogP contribution is 2.32. The highest BCUT2D eigenvalue weighted by molar-refractivity contribution is 5.83. The van der Waals surface area contributed by atoms with Crippen LogP contribution in [0, 0.1) is 11.8 Å². The average molecular weight is 224 g/mol. The van der Waals surface area contributed by atoms with E-state index in [4.69, 9.17) is 4.74 Å². The minimum absolute atomic E-state index is 0.191. The zero-order valence-corrected chi connectivity index (χ0v) is 11.2. The molecule has 0 spiro atoms. The number of carbonyl (C=O) groups excluding carboxylic acids is 1. The average Bonchev–Trinajstić information content (AvgIpc) is 2.08. The van der Waals surface area contributed by atoms with Crippen molar-refractivity contribution in [2.45, 2.75) is 59.5 Å². The van der Waals surface area contributed by atoms with Gasteiger partial charge < -0.3 is 4.74 Å². The quantitative estimate of drug-likeness (QED) is 0.501. The molecule has 1 rings (SSSR count). The van der Waals surface area contributed by atoms with Gasteiger partial charge in [-0.2, -0.15) is 0 Å². The Labute approximate surface area is 99.1 Å². The molecular formula is C14H24O2. The molecule has 2 atom stereocenters. The van der Waals surface area contributed by atoms with Crippen LogP contribution in [-0.4, -0.2) is 11.6 Å². The summed E-state index contributed by atoms with van der Waals surface area (Å²) < 4.78 is 5.31. The number of carbonyl (C=O) groups is 1. The van der Waals surface area contributed by atoms with Crippen LogP contribution < -0.4 is 0 Å². The number of ether oxygens (including phenoxy) is 1. The van der Waals surface area contributed by atoms with Gasteiger partial charge in [0.1, 0.15) is 5.60 Å². The lowest BCUT2D eigenvalue weighted by Crippen LogP contribution is -2.23. The van der Waals surface area contributed by atoms with Crippen molar-refractivity contribution in [1.29, 1.82) is 0 Å². The first kappa shape index (κ1) is 13.3. The Morgan fingerprint density at radius 3 is 2.50 bits per heavy atom. The van der Waals surface area contributed by atoms with Crippen LogP contribution in [0.3, 0.4) is 0 Å². The highest BCUT2D eigenvalue weighted by atomic mass is 16.6. The second-order valence-corrected chi connectivity index (χ2v) is 6.04. The number of esters is 1. The SMILES string of the molecule is CC1CCC(C)/C(=C/C(=O)OC(C)(C)C)C1. The molecule has 0 saturated heterocycles. The zero-order valence-electron chi connectivity index (χ0n) is 11.2. The predicted octanol–water partition coefficient (Wildman–Crippen LogP) is 3.71. The van der Waals surface area contributed by atoms with E-state index in [1.54, 1.807) is 6.08 Å². The monoisotopic (exact) mass is 224 g/mol. The second-order valence-electron chi connectivity index (χ2n) is 6.04. The summed E-state index contributed by atoms with van der Waals surface area (Å²) >= 11 is 0. The summed E-state index contributed by atoms with van der Waals surface area (Å²) in [6.07, 6.45) is 5.22. The smallest absolute Gasteiger partial charge is 0.331 e. The Hall–Kier alpha value is -0.790. The topological polar surface area (TPSA) is 26.3 Å². The predicted molar refractivity (Wildman–Crippen MR) is 66.1 cm³/mol. The first-order chi connectivity index (χ1) is 7.28. The molecule has 1 aliphatic rings. The van der Waals surface area contributed by atoms with Crippen molar-refractivity contribution in [3.63, 3.8) is 0 Å². The summed E-state index contributed by atoms with van der Waals surface area (Å²) in [4.78, 5) is 11.7. The number of hydrogen-bond acceptors (Lipinski definition) is 2. The highest BCUT2D eigenvalue weighted by Gasteiger charge is 2.22. The van der Waals surface area contributed by atoms with Gasteiger partial charge in [0.15, 0.2) is 0 Å². The zero-order chi connectivity index (χ0) is 12.3. The van der Waals surface area contributed by atoms with Gasteiger partial charge in [-0.1, -0.05) is 19.4 Å². The summed E-state index contributed by atoms with van der Waals surface area (Å²) in [6.45, 7) is 10.1. The molecule has 0 aromatic heterocycles. The molecule has 0 aliphatic heterocycles. The van der Waals surface area contributed by atoms with Crippen LogP contribution in [0.25, 0.3) is 0 Å². The summed E-state index contributed by atoms with van der Waals surface area (Å²) in [7, 11) is 0. The summed E-state index contributed by atoms with van der Waals surface area (Å²) in [5.74, 6) is 1.04. The number of rotatable bonds is 1. The van der Waals surface area contributed by atoms with E-state index >= 15 is 0 Å². The van der Waals surface area contributed by atoms with Crippen LogP contribution in [0.4, 0.5) is 0 Å². The van der Waals surface area contributed by atoms with Gasteiger partial charge in [0.2, 0.25) is 0 Å². The van der Waals surface area contributed by atoms with Crippen molar-refractivity contribution >= 4 is 5.97 Å². The lowest BCUT2D eigenvalue weighted by molar-refractivity contribution is -0.148. The fourth-order valence-corrected chi connectivity index (χ4v) is 2.11. The molecule has 0 radical (unpaired) electrons. The van der Waals surface area contributed by atoms with Gasteiger partial charge in [-0.05, 0) is 51.9 Å². The van der Waals surface area contributed by atoms with Gasteiger partial charge in [0.05, 0.1) is 0 Å². The minimum atomic E-state index is -0.391. The lowest BCUT2D eigenvalue weighted by Gasteiger charge is -2.27. The molecule has 0 amide bonds. The summed E-state index contributed by atoms with van der Waals surface area (Å²) in [6, 6.07) is 0. The molecule has 1 saturated carbocycles. The Kier molecular flexibility index (Phi) is 4.17.